The van der Waals surface area contributed by atoms with Crippen molar-refractivity contribution < 1.29 is 24.0 Å². The molecular weight excluding hydrogens is 280 g/mol. The van der Waals surface area contributed by atoms with Crippen LogP contribution >= 0.6 is 0 Å². The van der Waals surface area contributed by atoms with Crippen LogP contribution in [0.15, 0.2) is 18.2 Å². The zero-order valence-electron chi connectivity index (χ0n) is 11.9. The molecule has 0 spiro atoms. The van der Waals surface area contributed by atoms with Crippen molar-refractivity contribution in [3.63, 3.8) is 0 Å². The Bertz CT molecular complexity index is 558. The highest BCUT2D eigenvalue weighted by atomic mass is 16.6. The van der Waals surface area contributed by atoms with Gasteiger partial charge in [0.05, 0.1) is 12.0 Å². The minimum Gasteiger partial charge on any atom is -0.491 e. The number of carbonyl (C=O) groups is 2. The zero-order chi connectivity index (χ0) is 16.0. The van der Waals surface area contributed by atoms with Gasteiger partial charge in [-0.2, -0.15) is 0 Å². The fourth-order valence-corrected chi connectivity index (χ4v) is 1.64. The van der Waals surface area contributed by atoms with E-state index < -0.39 is 22.8 Å². The SMILES string of the molecule is COC(=O)C(COc1ccc([N+](=O)[O-])cc1C)NC(C)=O. The molecule has 0 aliphatic carbocycles. The summed E-state index contributed by atoms with van der Waals surface area (Å²) in [5.74, 6) is -0.640. The summed E-state index contributed by atoms with van der Waals surface area (Å²) < 4.78 is 9.98. The molecule has 8 nitrogen and oxygen atoms in total. The van der Waals surface area contributed by atoms with Crippen molar-refractivity contribution in [2.24, 2.45) is 0 Å². The number of aryl methyl sites for hydroxylation is 1. The van der Waals surface area contributed by atoms with Crippen LogP contribution in [0.3, 0.4) is 0 Å². The van der Waals surface area contributed by atoms with Crippen LogP contribution in [0.2, 0.25) is 0 Å². The first kappa shape index (κ1) is 16.4. The summed E-state index contributed by atoms with van der Waals surface area (Å²) in [5, 5.41) is 13.0. The Hall–Kier alpha value is -2.64. The lowest BCUT2D eigenvalue weighted by molar-refractivity contribution is -0.384. The maximum absolute atomic E-state index is 11.5. The van der Waals surface area contributed by atoms with Gasteiger partial charge < -0.3 is 14.8 Å². The van der Waals surface area contributed by atoms with Crippen LogP contribution < -0.4 is 10.1 Å². The van der Waals surface area contributed by atoms with Gasteiger partial charge in [-0.05, 0) is 18.6 Å². The van der Waals surface area contributed by atoms with Crippen molar-refractivity contribution in [3.05, 3.63) is 33.9 Å². The number of ether oxygens (including phenoxy) is 2. The van der Waals surface area contributed by atoms with Gasteiger partial charge in [-0.1, -0.05) is 0 Å². The first-order chi connectivity index (χ1) is 9.85. The van der Waals surface area contributed by atoms with Crippen molar-refractivity contribution >= 4 is 17.6 Å². The van der Waals surface area contributed by atoms with Crippen LogP contribution in [0.1, 0.15) is 12.5 Å². The lowest BCUT2D eigenvalue weighted by atomic mass is 10.2. The molecule has 1 aromatic carbocycles. The van der Waals surface area contributed by atoms with Crippen LogP contribution in [0, 0.1) is 17.0 Å². The number of nitro benzene ring substituents is 1. The zero-order valence-corrected chi connectivity index (χ0v) is 11.9. The van der Waals surface area contributed by atoms with E-state index in [4.69, 9.17) is 4.74 Å². The minimum atomic E-state index is -0.943. The minimum absolute atomic E-state index is 0.0498. The van der Waals surface area contributed by atoms with Crippen molar-refractivity contribution in [1.82, 2.24) is 5.32 Å². The smallest absolute Gasteiger partial charge is 0.331 e. The number of nitrogens with one attached hydrogen (secondary N) is 1. The highest BCUT2D eigenvalue weighted by Crippen LogP contribution is 2.23. The second-order valence-corrected chi connectivity index (χ2v) is 4.29. The number of nitro groups is 1. The quantitative estimate of drug-likeness (QED) is 0.476. The van der Waals surface area contributed by atoms with Gasteiger partial charge in [0.25, 0.3) is 5.69 Å². The van der Waals surface area contributed by atoms with E-state index in [1.165, 1.54) is 32.2 Å². The maximum atomic E-state index is 11.5. The topological polar surface area (TPSA) is 108 Å². The van der Waals surface area contributed by atoms with E-state index in [0.29, 0.717) is 11.3 Å². The Morgan fingerprint density at radius 2 is 2.10 bits per heavy atom. The number of hydrogen-bond donors (Lipinski definition) is 1. The molecule has 1 rings (SSSR count). The number of benzene rings is 1. The van der Waals surface area contributed by atoms with E-state index in [9.17, 15) is 19.7 Å². The lowest BCUT2D eigenvalue weighted by Gasteiger charge is -2.17. The molecule has 1 atom stereocenters. The standard InChI is InChI=1S/C13H16N2O6/c1-8-6-10(15(18)19)4-5-12(8)21-7-11(13(17)20-3)14-9(2)16/h4-6,11H,7H2,1-3H3,(H,14,16). The van der Waals surface area contributed by atoms with Gasteiger partial charge in [-0.25, -0.2) is 4.79 Å². The molecule has 8 heteroatoms. The van der Waals surface area contributed by atoms with Gasteiger partial charge >= 0.3 is 5.97 Å². The van der Waals surface area contributed by atoms with Crippen LogP contribution in [-0.2, 0) is 14.3 Å². The van der Waals surface area contributed by atoms with Gasteiger partial charge in [0.1, 0.15) is 12.4 Å². The van der Waals surface area contributed by atoms with Crippen LogP contribution in [-0.4, -0.2) is 36.6 Å². The molecule has 0 saturated carbocycles. The Labute approximate surface area is 121 Å². The average Bonchev–Trinajstić information content (AvgIpc) is 2.42. The summed E-state index contributed by atoms with van der Waals surface area (Å²) in [6.45, 7) is 2.78. The predicted octanol–water partition coefficient (Wildman–Crippen LogP) is 0.960. The molecule has 1 aromatic rings. The number of carbonyl (C=O) groups excluding carboxylic acids is 2. The van der Waals surface area contributed by atoms with Crippen LogP contribution in [0.4, 0.5) is 5.69 Å². The van der Waals surface area contributed by atoms with Gasteiger partial charge in [0.2, 0.25) is 5.91 Å². The van der Waals surface area contributed by atoms with E-state index in [1.807, 2.05) is 0 Å². The first-order valence-electron chi connectivity index (χ1n) is 6.08. The number of esters is 1. The largest absolute Gasteiger partial charge is 0.491 e. The molecule has 0 aliphatic heterocycles. The van der Waals surface area contributed by atoms with Gasteiger partial charge in [0, 0.05) is 19.1 Å². The van der Waals surface area contributed by atoms with Gasteiger partial charge in [-0.3, -0.25) is 14.9 Å². The van der Waals surface area contributed by atoms with Crippen molar-refractivity contribution in [2.75, 3.05) is 13.7 Å². The third kappa shape index (κ3) is 4.75. The third-order valence-corrected chi connectivity index (χ3v) is 2.64. The van der Waals surface area contributed by atoms with E-state index in [1.54, 1.807) is 6.92 Å². The van der Waals surface area contributed by atoms with E-state index in [0.717, 1.165) is 0 Å². The number of non-ortho nitro benzene ring substituents is 1. The molecule has 0 fully saturated rings. The highest BCUT2D eigenvalue weighted by Gasteiger charge is 2.21. The monoisotopic (exact) mass is 296 g/mol. The fraction of sp³-hybridized carbons (Fsp3) is 0.385. The Kier molecular flexibility index (Phi) is 5.65. The molecular formula is C13H16N2O6. The molecule has 0 radical (unpaired) electrons. The normalized spacial score (nSPS) is 11.4. The summed E-state index contributed by atoms with van der Waals surface area (Å²) in [4.78, 5) is 32.6. The average molecular weight is 296 g/mol. The molecule has 0 saturated heterocycles. The molecule has 21 heavy (non-hydrogen) atoms. The number of nitrogens with zero attached hydrogens (tertiary/aromatic N) is 1. The fourth-order valence-electron chi connectivity index (χ4n) is 1.64. The number of amides is 1. The Morgan fingerprint density at radius 1 is 1.43 bits per heavy atom. The van der Waals surface area contributed by atoms with Crippen LogP contribution in [0.25, 0.3) is 0 Å². The second-order valence-electron chi connectivity index (χ2n) is 4.29. The molecule has 1 unspecified atom stereocenters. The van der Waals surface area contributed by atoms with Crippen molar-refractivity contribution in [3.8, 4) is 5.75 Å². The molecule has 0 bridgehead atoms. The summed E-state index contributed by atoms with van der Waals surface area (Å²) in [7, 11) is 1.20. The van der Waals surface area contributed by atoms with Crippen molar-refractivity contribution in [1.29, 1.82) is 0 Å². The molecule has 114 valence electrons. The highest BCUT2D eigenvalue weighted by molar-refractivity contribution is 5.83. The third-order valence-electron chi connectivity index (χ3n) is 2.64. The van der Waals surface area contributed by atoms with E-state index in [-0.39, 0.29) is 12.3 Å². The van der Waals surface area contributed by atoms with E-state index >= 15 is 0 Å². The lowest BCUT2D eigenvalue weighted by Crippen LogP contribution is -2.44. The number of rotatable bonds is 6. The molecule has 1 N–H and O–H groups in total. The maximum Gasteiger partial charge on any atom is 0.331 e. The number of hydrogen-bond acceptors (Lipinski definition) is 6. The first-order valence-corrected chi connectivity index (χ1v) is 6.08. The predicted molar refractivity (Wildman–Crippen MR) is 72.9 cm³/mol. The van der Waals surface area contributed by atoms with E-state index in [2.05, 4.69) is 10.1 Å². The Morgan fingerprint density at radius 3 is 2.57 bits per heavy atom. The van der Waals surface area contributed by atoms with Gasteiger partial charge in [0.15, 0.2) is 6.04 Å². The van der Waals surface area contributed by atoms with Gasteiger partial charge in [-0.15, -0.1) is 0 Å². The molecule has 0 aliphatic rings. The number of methoxy groups -OCH3 is 1. The summed E-state index contributed by atoms with van der Waals surface area (Å²) >= 11 is 0. The second kappa shape index (κ2) is 7.22. The summed E-state index contributed by atoms with van der Waals surface area (Å²) in [6, 6.07) is 3.16. The van der Waals surface area contributed by atoms with Crippen LogP contribution in [0.5, 0.6) is 5.75 Å². The Balaban J connectivity index is 2.78. The molecule has 0 heterocycles. The molecule has 1 amide bonds. The summed E-state index contributed by atoms with van der Waals surface area (Å²) in [6.07, 6.45) is 0. The van der Waals surface area contributed by atoms with Crippen molar-refractivity contribution in [2.45, 2.75) is 19.9 Å². The molecule has 0 aromatic heterocycles. The summed E-state index contributed by atoms with van der Waals surface area (Å²) in [5.41, 5.74) is 0.502.